The summed E-state index contributed by atoms with van der Waals surface area (Å²) in [4.78, 5) is 11.1. The second kappa shape index (κ2) is 6.68. The average molecular weight is 199 g/mol. The fourth-order valence-corrected chi connectivity index (χ4v) is 1.58. The molecule has 0 aliphatic heterocycles. The lowest BCUT2D eigenvalue weighted by Crippen LogP contribution is -2.14. The van der Waals surface area contributed by atoms with Gasteiger partial charge in [-0.3, -0.25) is 0 Å². The van der Waals surface area contributed by atoms with E-state index in [2.05, 4.69) is 6.92 Å². The molecule has 0 aromatic rings. The average Bonchev–Trinajstić information content (AvgIpc) is 2.65. The molecule has 1 aliphatic rings. The first-order chi connectivity index (χ1) is 6.83. The van der Waals surface area contributed by atoms with Gasteiger partial charge in [0.2, 0.25) is 0 Å². The smallest absolute Gasteiger partial charge is 0.431 e. The SMILES string of the molecule is CCCC[CH]OC(=O)OC1CCCC1. The van der Waals surface area contributed by atoms with Crippen LogP contribution in [0.3, 0.4) is 0 Å². The van der Waals surface area contributed by atoms with Crippen LogP contribution in [0, 0.1) is 6.61 Å². The summed E-state index contributed by atoms with van der Waals surface area (Å²) in [6.45, 7) is 3.64. The monoisotopic (exact) mass is 199 g/mol. The molecule has 0 aromatic heterocycles. The number of hydrogen-bond acceptors (Lipinski definition) is 3. The van der Waals surface area contributed by atoms with E-state index in [1.807, 2.05) is 0 Å². The van der Waals surface area contributed by atoms with E-state index in [9.17, 15) is 4.79 Å². The minimum atomic E-state index is -0.534. The number of ether oxygens (including phenoxy) is 2. The lowest BCUT2D eigenvalue weighted by molar-refractivity contribution is 0.0392. The third-order valence-electron chi connectivity index (χ3n) is 2.42. The van der Waals surface area contributed by atoms with Gasteiger partial charge in [-0.15, -0.1) is 0 Å². The minimum Gasteiger partial charge on any atom is -0.431 e. The van der Waals surface area contributed by atoms with E-state index in [0.29, 0.717) is 0 Å². The quantitative estimate of drug-likeness (QED) is 0.502. The Kier molecular flexibility index (Phi) is 5.42. The number of hydrogen-bond donors (Lipinski definition) is 0. The minimum absolute atomic E-state index is 0.0991. The Labute approximate surface area is 85.8 Å². The number of carbonyl (C=O) groups is 1. The predicted molar refractivity (Wildman–Crippen MR) is 53.6 cm³/mol. The summed E-state index contributed by atoms with van der Waals surface area (Å²) in [5.74, 6) is 0. The summed E-state index contributed by atoms with van der Waals surface area (Å²) in [6, 6.07) is 0. The molecule has 0 heterocycles. The van der Waals surface area contributed by atoms with Gasteiger partial charge in [0, 0.05) is 0 Å². The number of carbonyl (C=O) groups excluding carboxylic acids is 1. The van der Waals surface area contributed by atoms with Crippen LogP contribution in [0.4, 0.5) is 4.79 Å². The molecular weight excluding hydrogens is 180 g/mol. The molecule has 0 amide bonds. The Hall–Kier alpha value is -0.730. The van der Waals surface area contributed by atoms with Crippen LogP contribution in [0.15, 0.2) is 0 Å². The van der Waals surface area contributed by atoms with E-state index < -0.39 is 6.16 Å². The van der Waals surface area contributed by atoms with Crippen molar-refractivity contribution in [1.29, 1.82) is 0 Å². The topological polar surface area (TPSA) is 35.5 Å². The van der Waals surface area contributed by atoms with Gasteiger partial charge in [-0.25, -0.2) is 4.79 Å². The zero-order valence-corrected chi connectivity index (χ0v) is 8.83. The molecule has 0 N–H and O–H groups in total. The third kappa shape index (κ3) is 4.49. The molecule has 0 aromatic carbocycles. The van der Waals surface area contributed by atoms with E-state index in [1.165, 1.54) is 0 Å². The van der Waals surface area contributed by atoms with Crippen molar-refractivity contribution in [2.75, 3.05) is 0 Å². The van der Waals surface area contributed by atoms with E-state index in [1.54, 1.807) is 6.61 Å². The molecule has 1 rings (SSSR count). The van der Waals surface area contributed by atoms with Crippen LogP contribution in [0.2, 0.25) is 0 Å². The molecule has 81 valence electrons. The van der Waals surface area contributed by atoms with Crippen LogP contribution in [-0.2, 0) is 9.47 Å². The summed E-state index contributed by atoms with van der Waals surface area (Å²) in [6.07, 6.45) is 6.85. The van der Waals surface area contributed by atoms with Crippen molar-refractivity contribution in [3.8, 4) is 0 Å². The van der Waals surface area contributed by atoms with Crippen molar-refractivity contribution >= 4 is 6.16 Å². The van der Waals surface area contributed by atoms with Gasteiger partial charge in [0.1, 0.15) is 12.7 Å². The van der Waals surface area contributed by atoms with Gasteiger partial charge >= 0.3 is 6.16 Å². The summed E-state index contributed by atoms with van der Waals surface area (Å²) in [7, 11) is 0. The second-order valence-corrected chi connectivity index (χ2v) is 3.70. The predicted octanol–water partition coefficient (Wildman–Crippen LogP) is 3.43. The summed E-state index contributed by atoms with van der Waals surface area (Å²) in [5.41, 5.74) is 0. The largest absolute Gasteiger partial charge is 0.508 e. The lowest BCUT2D eigenvalue weighted by atomic mass is 10.3. The highest BCUT2D eigenvalue weighted by Crippen LogP contribution is 2.21. The molecule has 3 nitrogen and oxygen atoms in total. The highest BCUT2D eigenvalue weighted by molar-refractivity contribution is 5.60. The Morgan fingerprint density at radius 1 is 1.43 bits per heavy atom. The van der Waals surface area contributed by atoms with Gasteiger partial charge < -0.3 is 9.47 Å². The Morgan fingerprint density at radius 3 is 2.79 bits per heavy atom. The molecule has 1 aliphatic carbocycles. The van der Waals surface area contributed by atoms with Crippen molar-refractivity contribution < 1.29 is 14.3 Å². The maximum Gasteiger partial charge on any atom is 0.508 e. The van der Waals surface area contributed by atoms with Crippen molar-refractivity contribution in [3.63, 3.8) is 0 Å². The van der Waals surface area contributed by atoms with Crippen LogP contribution >= 0.6 is 0 Å². The van der Waals surface area contributed by atoms with Gasteiger partial charge in [0.25, 0.3) is 0 Å². The van der Waals surface area contributed by atoms with Gasteiger partial charge in [0.15, 0.2) is 0 Å². The first-order valence-electron chi connectivity index (χ1n) is 5.52. The number of rotatable bonds is 5. The first-order valence-corrected chi connectivity index (χ1v) is 5.52. The maximum atomic E-state index is 11.1. The summed E-state index contributed by atoms with van der Waals surface area (Å²) < 4.78 is 9.92. The normalized spacial score (nSPS) is 16.9. The highest BCUT2D eigenvalue weighted by atomic mass is 16.7. The van der Waals surface area contributed by atoms with Crippen LogP contribution in [0.25, 0.3) is 0 Å². The van der Waals surface area contributed by atoms with Crippen LogP contribution in [-0.4, -0.2) is 12.3 Å². The van der Waals surface area contributed by atoms with Gasteiger partial charge in [-0.05, 0) is 38.5 Å². The van der Waals surface area contributed by atoms with E-state index >= 15 is 0 Å². The van der Waals surface area contributed by atoms with E-state index in [4.69, 9.17) is 9.47 Å². The molecule has 1 saturated carbocycles. The zero-order chi connectivity index (χ0) is 10.2. The van der Waals surface area contributed by atoms with Crippen LogP contribution in [0.1, 0.15) is 51.9 Å². The Bertz CT molecular complexity index is 162. The zero-order valence-electron chi connectivity index (χ0n) is 8.83. The van der Waals surface area contributed by atoms with Crippen molar-refractivity contribution in [2.24, 2.45) is 0 Å². The molecule has 0 unspecified atom stereocenters. The van der Waals surface area contributed by atoms with Crippen molar-refractivity contribution in [1.82, 2.24) is 0 Å². The van der Waals surface area contributed by atoms with E-state index in [-0.39, 0.29) is 6.10 Å². The molecule has 1 fully saturated rings. The fraction of sp³-hybridized carbons (Fsp3) is 0.818. The van der Waals surface area contributed by atoms with Gasteiger partial charge in [-0.1, -0.05) is 13.3 Å². The molecular formula is C11H19O3. The Balaban J connectivity index is 1.98. The maximum absolute atomic E-state index is 11.1. The molecule has 1 radical (unpaired) electrons. The van der Waals surface area contributed by atoms with Crippen LogP contribution in [0.5, 0.6) is 0 Å². The van der Waals surface area contributed by atoms with E-state index in [0.717, 1.165) is 44.9 Å². The molecule has 0 atom stereocenters. The summed E-state index contributed by atoms with van der Waals surface area (Å²) >= 11 is 0. The van der Waals surface area contributed by atoms with Crippen LogP contribution < -0.4 is 0 Å². The molecule has 14 heavy (non-hydrogen) atoms. The standard InChI is InChI=1S/C11H19O3/c1-2-3-6-9-13-11(12)14-10-7-4-5-8-10/h9-10H,2-8H2,1H3. The molecule has 3 heteroatoms. The van der Waals surface area contributed by atoms with Gasteiger partial charge in [0.05, 0.1) is 0 Å². The molecule has 0 bridgehead atoms. The third-order valence-corrected chi connectivity index (χ3v) is 2.42. The van der Waals surface area contributed by atoms with Crippen molar-refractivity contribution in [2.45, 2.75) is 58.0 Å². The molecule has 0 spiro atoms. The second-order valence-electron chi connectivity index (χ2n) is 3.70. The van der Waals surface area contributed by atoms with Crippen molar-refractivity contribution in [3.05, 3.63) is 6.61 Å². The first kappa shape index (κ1) is 11.3. The highest BCUT2D eigenvalue weighted by Gasteiger charge is 2.19. The summed E-state index contributed by atoms with van der Waals surface area (Å²) in [5, 5.41) is 0. The Morgan fingerprint density at radius 2 is 2.14 bits per heavy atom. The molecule has 0 saturated heterocycles. The lowest BCUT2D eigenvalue weighted by Gasteiger charge is -2.10. The number of unbranched alkanes of at least 4 members (excludes halogenated alkanes) is 2. The fourth-order valence-electron chi connectivity index (χ4n) is 1.58. The van der Waals surface area contributed by atoms with Gasteiger partial charge in [-0.2, -0.15) is 0 Å².